The topological polar surface area (TPSA) is 92.0 Å². The van der Waals surface area contributed by atoms with Crippen LogP contribution in [-0.4, -0.2) is 55.7 Å². The number of rotatable bonds is 0. The highest BCUT2D eigenvalue weighted by atomic mass is 16.6. The Balaban J connectivity index is 1.62. The van der Waals surface area contributed by atoms with E-state index in [1.165, 1.54) is 0 Å². The van der Waals surface area contributed by atoms with Crippen molar-refractivity contribution < 1.29 is 14.2 Å². The molecule has 0 spiro atoms. The summed E-state index contributed by atoms with van der Waals surface area (Å²) in [5.74, 6) is 1.41. The summed E-state index contributed by atoms with van der Waals surface area (Å²) in [5.41, 5.74) is 5.55. The molecule has 0 radical (unpaired) electrons. The van der Waals surface area contributed by atoms with Gasteiger partial charge in [0.15, 0.2) is 0 Å². The van der Waals surface area contributed by atoms with Crippen LogP contribution in [0.2, 0.25) is 0 Å². The quantitative estimate of drug-likeness (QED) is 0.456. The highest BCUT2D eigenvalue weighted by Gasteiger charge is 2.17. The first-order valence-electron chi connectivity index (χ1n) is 10.6. The summed E-state index contributed by atoms with van der Waals surface area (Å²) in [6.45, 7) is 5.21. The van der Waals surface area contributed by atoms with Gasteiger partial charge in [0.25, 0.3) is 0 Å². The number of aromatic nitrogens is 6. The van der Waals surface area contributed by atoms with Gasteiger partial charge in [0.05, 0.1) is 46.9 Å². The number of ether oxygens (including phenoxy) is 3. The van der Waals surface area contributed by atoms with Crippen LogP contribution in [-0.2, 0) is 18.8 Å². The van der Waals surface area contributed by atoms with Crippen LogP contribution in [0.15, 0.2) is 24.4 Å². The summed E-state index contributed by atoms with van der Waals surface area (Å²) in [7, 11) is 3.75. The van der Waals surface area contributed by atoms with Crippen LogP contribution in [0.3, 0.4) is 0 Å². The lowest BCUT2D eigenvalue weighted by molar-refractivity contribution is 0.0144. The zero-order valence-electron chi connectivity index (χ0n) is 18.6. The lowest BCUT2D eigenvalue weighted by Crippen LogP contribution is -2.22. The van der Waals surface area contributed by atoms with Crippen molar-refractivity contribution in [1.82, 2.24) is 29.8 Å². The Morgan fingerprint density at radius 1 is 1.06 bits per heavy atom. The van der Waals surface area contributed by atoms with Crippen molar-refractivity contribution in [3.05, 3.63) is 41.3 Å². The number of hydrogen-bond acceptors (Lipinski definition) is 6. The number of fused-ring (bicyclic) bond motifs is 4. The van der Waals surface area contributed by atoms with Crippen molar-refractivity contribution in [3.63, 3.8) is 0 Å². The van der Waals surface area contributed by atoms with Gasteiger partial charge in [0, 0.05) is 19.5 Å². The van der Waals surface area contributed by atoms with Crippen LogP contribution >= 0.6 is 0 Å². The van der Waals surface area contributed by atoms with E-state index < -0.39 is 0 Å². The van der Waals surface area contributed by atoms with Crippen LogP contribution in [0.5, 0.6) is 11.8 Å². The van der Waals surface area contributed by atoms with Gasteiger partial charge in [-0.05, 0) is 43.7 Å². The Morgan fingerprint density at radius 2 is 1.94 bits per heavy atom. The molecule has 1 atom stereocenters. The standard InChI is InChI=1S/C23H26N6O3/c1-14-13-32-22-17(15(2)27-29(22)4)6-8-21-18-11-16(5-7-20(18)25-26-21)19-12-24-28(3)23(19)31-10-9-30-14/h5-8,11-12,14H,9-10,13H2,1-4H3,(H,25,26)/b8-6+/t14-/m1/s1. The molecule has 5 rings (SSSR count). The second kappa shape index (κ2) is 8.16. The molecule has 4 heterocycles. The van der Waals surface area contributed by atoms with Crippen molar-refractivity contribution >= 4 is 23.1 Å². The molecule has 1 aromatic carbocycles. The minimum absolute atomic E-state index is 0.103. The highest BCUT2D eigenvalue weighted by molar-refractivity contribution is 5.93. The Hall–Kier alpha value is -3.59. The van der Waals surface area contributed by atoms with Gasteiger partial charge < -0.3 is 14.2 Å². The van der Waals surface area contributed by atoms with Crippen molar-refractivity contribution in [2.24, 2.45) is 14.1 Å². The van der Waals surface area contributed by atoms with E-state index in [1.807, 2.05) is 58.4 Å². The van der Waals surface area contributed by atoms with Gasteiger partial charge in [0.2, 0.25) is 11.8 Å². The lowest BCUT2D eigenvalue weighted by atomic mass is 10.1. The molecule has 0 unspecified atom stereocenters. The molecule has 1 aliphatic rings. The van der Waals surface area contributed by atoms with Gasteiger partial charge in [-0.15, -0.1) is 0 Å². The number of benzene rings is 1. The van der Waals surface area contributed by atoms with Gasteiger partial charge in [-0.2, -0.15) is 15.3 Å². The van der Waals surface area contributed by atoms with E-state index >= 15 is 0 Å². The Morgan fingerprint density at radius 3 is 2.81 bits per heavy atom. The molecule has 32 heavy (non-hydrogen) atoms. The van der Waals surface area contributed by atoms with Crippen molar-refractivity contribution in [3.8, 4) is 22.9 Å². The number of hydrogen-bond donors (Lipinski definition) is 1. The van der Waals surface area contributed by atoms with Crippen molar-refractivity contribution in [1.29, 1.82) is 0 Å². The molecule has 2 bridgehead atoms. The van der Waals surface area contributed by atoms with E-state index in [1.54, 1.807) is 9.36 Å². The summed E-state index contributed by atoms with van der Waals surface area (Å²) in [6, 6.07) is 6.17. The van der Waals surface area contributed by atoms with Crippen molar-refractivity contribution in [2.75, 3.05) is 19.8 Å². The molecule has 1 aliphatic heterocycles. The number of nitrogens with one attached hydrogen (secondary N) is 1. The van der Waals surface area contributed by atoms with E-state index in [0.717, 1.165) is 39.0 Å². The molecule has 166 valence electrons. The lowest BCUT2D eigenvalue weighted by Gasteiger charge is -2.15. The first-order chi connectivity index (χ1) is 15.5. The van der Waals surface area contributed by atoms with Gasteiger partial charge in [-0.1, -0.05) is 6.07 Å². The molecule has 0 saturated carbocycles. The molecule has 0 fully saturated rings. The third-order valence-electron chi connectivity index (χ3n) is 5.59. The van der Waals surface area contributed by atoms with E-state index in [0.29, 0.717) is 31.6 Å². The van der Waals surface area contributed by atoms with E-state index in [9.17, 15) is 0 Å². The number of aryl methyl sites for hydroxylation is 3. The predicted octanol–water partition coefficient (Wildman–Crippen LogP) is 3.35. The molecular formula is C23H26N6O3. The van der Waals surface area contributed by atoms with E-state index in [2.05, 4.69) is 26.5 Å². The monoisotopic (exact) mass is 434 g/mol. The first-order valence-corrected chi connectivity index (χ1v) is 10.6. The third kappa shape index (κ3) is 3.64. The summed E-state index contributed by atoms with van der Waals surface area (Å²) < 4.78 is 21.5. The third-order valence-corrected chi connectivity index (χ3v) is 5.59. The minimum Gasteiger partial charge on any atom is -0.475 e. The fraction of sp³-hybridized carbons (Fsp3) is 0.348. The molecule has 4 aromatic rings. The normalized spacial score (nSPS) is 17.9. The molecule has 1 N–H and O–H groups in total. The largest absolute Gasteiger partial charge is 0.475 e. The molecular weight excluding hydrogens is 408 g/mol. The number of nitrogens with zero attached hydrogens (tertiary/aromatic N) is 5. The van der Waals surface area contributed by atoms with Gasteiger partial charge in [-0.25, -0.2) is 9.36 Å². The molecule has 3 aromatic heterocycles. The second-order valence-corrected chi connectivity index (χ2v) is 7.96. The van der Waals surface area contributed by atoms with Crippen LogP contribution in [0.1, 0.15) is 23.9 Å². The van der Waals surface area contributed by atoms with Crippen LogP contribution in [0.25, 0.3) is 34.2 Å². The van der Waals surface area contributed by atoms with Crippen molar-refractivity contribution in [2.45, 2.75) is 20.0 Å². The second-order valence-electron chi connectivity index (χ2n) is 7.96. The number of H-pyrrole nitrogens is 1. The molecule has 9 heteroatoms. The smallest absolute Gasteiger partial charge is 0.219 e. The zero-order chi connectivity index (χ0) is 22.2. The average molecular weight is 435 g/mol. The molecule has 0 aliphatic carbocycles. The maximum atomic E-state index is 6.08. The zero-order valence-corrected chi connectivity index (χ0v) is 18.6. The Bertz CT molecular complexity index is 1300. The maximum Gasteiger partial charge on any atom is 0.219 e. The SMILES string of the molecule is Cc1nn(C)c2c1/C=C/c1n[nH]c3ccc(cc13)-c1cnn(C)c1OCCO[C@H](C)CO2. The Kier molecular flexibility index (Phi) is 5.18. The van der Waals surface area contributed by atoms with E-state index in [4.69, 9.17) is 14.2 Å². The van der Waals surface area contributed by atoms with Gasteiger partial charge in [0.1, 0.15) is 13.2 Å². The first kappa shape index (κ1) is 20.3. The van der Waals surface area contributed by atoms with Crippen LogP contribution in [0, 0.1) is 6.92 Å². The minimum atomic E-state index is -0.103. The van der Waals surface area contributed by atoms with Gasteiger partial charge in [-0.3, -0.25) is 5.10 Å². The fourth-order valence-electron chi connectivity index (χ4n) is 3.94. The van der Waals surface area contributed by atoms with Crippen LogP contribution in [0.4, 0.5) is 0 Å². The van der Waals surface area contributed by atoms with Crippen LogP contribution < -0.4 is 9.47 Å². The van der Waals surface area contributed by atoms with Gasteiger partial charge >= 0.3 is 0 Å². The number of aromatic amines is 1. The molecule has 0 saturated heterocycles. The maximum absolute atomic E-state index is 6.08. The molecule has 0 amide bonds. The van der Waals surface area contributed by atoms with E-state index in [-0.39, 0.29) is 6.10 Å². The summed E-state index contributed by atoms with van der Waals surface area (Å²) >= 11 is 0. The highest BCUT2D eigenvalue weighted by Crippen LogP contribution is 2.33. The summed E-state index contributed by atoms with van der Waals surface area (Å²) in [4.78, 5) is 0. The predicted molar refractivity (Wildman–Crippen MR) is 122 cm³/mol. The average Bonchev–Trinajstić information content (AvgIpc) is 3.42. The Labute approximate surface area is 185 Å². The molecule has 9 nitrogen and oxygen atoms in total. The summed E-state index contributed by atoms with van der Waals surface area (Å²) in [5, 5.41) is 17.5. The fourth-order valence-corrected chi connectivity index (χ4v) is 3.94. The summed E-state index contributed by atoms with van der Waals surface area (Å²) in [6.07, 6.45) is 5.71.